The molecule has 0 aromatic heterocycles. The van der Waals surface area contributed by atoms with Crippen molar-refractivity contribution in [3.05, 3.63) is 0 Å². The first-order valence-electron chi connectivity index (χ1n) is 5.34. The van der Waals surface area contributed by atoms with E-state index in [2.05, 4.69) is 4.74 Å². The molecular formula is C10H19NO4S. The van der Waals surface area contributed by atoms with Gasteiger partial charge in [-0.15, -0.1) is 0 Å². The predicted octanol–water partition coefficient (Wildman–Crippen LogP) is 0.0917. The molecule has 0 radical (unpaired) electrons. The number of rotatable bonds is 3. The molecule has 0 bridgehead atoms. The summed E-state index contributed by atoms with van der Waals surface area (Å²) in [5.74, 6) is -0.204. The molecule has 1 aliphatic heterocycles. The van der Waals surface area contributed by atoms with Crippen LogP contribution in [0.15, 0.2) is 0 Å². The van der Waals surface area contributed by atoms with Crippen molar-refractivity contribution in [1.82, 2.24) is 0 Å². The summed E-state index contributed by atoms with van der Waals surface area (Å²) in [6, 6.07) is -0.332. The van der Waals surface area contributed by atoms with Crippen LogP contribution in [0.5, 0.6) is 0 Å². The fourth-order valence-electron chi connectivity index (χ4n) is 2.25. The Labute approximate surface area is 96.3 Å². The highest BCUT2D eigenvalue weighted by Gasteiger charge is 2.43. The van der Waals surface area contributed by atoms with Crippen LogP contribution in [0.3, 0.4) is 0 Å². The fraction of sp³-hybridized carbons (Fsp3) is 0.900. The molecule has 1 fully saturated rings. The monoisotopic (exact) mass is 249 g/mol. The van der Waals surface area contributed by atoms with Gasteiger partial charge in [0.1, 0.15) is 0 Å². The zero-order valence-electron chi connectivity index (χ0n) is 9.73. The Morgan fingerprint density at radius 2 is 2.19 bits per heavy atom. The lowest BCUT2D eigenvalue weighted by Gasteiger charge is -2.39. The summed E-state index contributed by atoms with van der Waals surface area (Å²) in [5, 5.41) is 0. The van der Waals surface area contributed by atoms with Gasteiger partial charge in [-0.1, -0.05) is 0 Å². The second-order valence-electron chi connectivity index (χ2n) is 4.60. The van der Waals surface area contributed by atoms with Crippen LogP contribution >= 0.6 is 0 Å². The van der Waals surface area contributed by atoms with Crippen LogP contribution in [0.1, 0.15) is 26.2 Å². The highest BCUT2D eigenvalue weighted by atomic mass is 32.2. The number of nitrogens with two attached hydrogens (primary N) is 1. The molecular weight excluding hydrogens is 230 g/mol. The lowest BCUT2D eigenvalue weighted by molar-refractivity contribution is -0.143. The van der Waals surface area contributed by atoms with Crippen LogP contribution in [-0.4, -0.2) is 39.0 Å². The zero-order valence-corrected chi connectivity index (χ0v) is 10.5. The van der Waals surface area contributed by atoms with Gasteiger partial charge >= 0.3 is 5.97 Å². The SMILES string of the molecule is COC(=O)CC1(C(C)N)CCCS(=O)(=O)C1. The normalized spacial score (nSPS) is 30.7. The van der Waals surface area contributed by atoms with Crippen molar-refractivity contribution in [3.8, 4) is 0 Å². The van der Waals surface area contributed by atoms with Gasteiger partial charge in [-0.3, -0.25) is 4.79 Å². The molecule has 1 heterocycles. The van der Waals surface area contributed by atoms with E-state index in [1.54, 1.807) is 6.92 Å². The van der Waals surface area contributed by atoms with Gasteiger partial charge in [-0.05, 0) is 19.8 Å². The molecule has 1 saturated heterocycles. The van der Waals surface area contributed by atoms with E-state index in [0.29, 0.717) is 12.8 Å². The summed E-state index contributed by atoms with van der Waals surface area (Å²) in [7, 11) is -1.78. The number of sulfone groups is 1. The van der Waals surface area contributed by atoms with Gasteiger partial charge in [0.05, 0.1) is 25.0 Å². The first-order chi connectivity index (χ1) is 7.31. The number of hydrogen-bond acceptors (Lipinski definition) is 5. The molecule has 6 heteroatoms. The largest absolute Gasteiger partial charge is 0.469 e. The molecule has 94 valence electrons. The van der Waals surface area contributed by atoms with E-state index >= 15 is 0 Å². The summed E-state index contributed by atoms with van der Waals surface area (Å²) < 4.78 is 27.9. The predicted molar refractivity (Wildman–Crippen MR) is 60.6 cm³/mol. The number of carbonyl (C=O) groups is 1. The minimum Gasteiger partial charge on any atom is -0.469 e. The number of ether oxygens (including phenoxy) is 1. The van der Waals surface area contributed by atoms with Gasteiger partial charge in [0.2, 0.25) is 0 Å². The van der Waals surface area contributed by atoms with Crippen LogP contribution in [0.25, 0.3) is 0 Å². The summed E-state index contributed by atoms with van der Waals surface area (Å²) >= 11 is 0. The molecule has 2 unspecified atom stereocenters. The Morgan fingerprint density at radius 3 is 2.62 bits per heavy atom. The van der Waals surface area contributed by atoms with Crippen molar-refractivity contribution in [2.24, 2.45) is 11.1 Å². The molecule has 1 aliphatic rings. The van der Waals surface area contributed by atoms with Gasteiger partial charge in [-0.25, -0.2) is 8.42 Å². The molecule has 0 saturated carbocycles. The summed E-state index contributed by atoms with van der Waals surface area (Å²) in [6.45, 7) is 1.75. The van der Waals surface area contributed by atoms with Crippen molar-refractivity contribution < 1.29 is 17.9 Å². The number of carbonyl (C=O) groups excluding carboxylic acids is 1. The Kier molecular flexibility index (Phi) is 3.96. The molecule has 0 amide bonds. The second-order valence-corrected chi connectivity index (χ2v) is 6.78. The third kappa shape index (κ3) is 2.95. The Bertz CT molecular complexity index is 363. The molecule has 16 heavy (non-hydrogen) atoms. The maximum Gasteiger partial charge on any atom is 0.306 e. The van der Waals surface area contributed by atoms with Crippen LogP contribution in [0.4, 0.5) is 0 Å². The lowest BCUT2D eigenvalue weighted by atomic mass is 9.76. The Balaban J connectivity index is 2.92. The molecule has 2 atom stereocenters. The molecule has 5 nitrogen and oxygen atoms in total. The molecule has 0 spiro atoms. The topological polar surface area (TPSA) is 86.5 Å². The Morgan fingerprint density at radius 1 is 1.56 bits per heavy atom. The average Bonchev–Trinajstić information content (AvgIpc) is 2.15. The van der Waals surface area contributed by atoms with Gasteiger partial charge < -0.3 is 10.5 Å². The third-order valence-corrected chi connectivity index (χ3v) is 5.25. The van der Waals surface area contributed by atoms with Crippen molar-refractivity contribution in [3.63, 3.8) is 0 Å². The minimum atomic E-state index is -3.08. The van der Waals surface area contributed by atoms with Gasteiger partial charge in [-0.2, -0.15) is 0 Å². The van der Waals surface area contributed by atoms with Gasteiger partial charge in [0.25, 0.3) is 0 Å². The fourth-order valence-corrected chi connectivity index (χ4v) is 4.36. The standard InChI is InChI=1S/C10H19NO4S/c1-8(11)10(6-9(12)15-2)4-3-5-16(13,14)7-10/h8H,3-7,11H2,1-2H3. The maximum absolute atomic E-state index is 11.6. The molecule has 1 rings (SSSR count). The summed E-state index contributed by atoms with van der Waals surface area (Å²) in [4.78, 5) is 11.3. The highest BCUT2D eigenvalue weighted by molar-refractivity contribution is 7.91. The first kappa shape index (κ1) is 13.4. The van der Waals surface area contributed by atoms with E-state index in [9.17, 15) is 13.2 Å². The first-order valence-corrected chi connectivity index (χ1v) is 7.16. The molecule has 0 aliphatic carbocycles. The van der Waals surface area contributed by atoms with Crippen molar-refractivity contribution in [1.29, 1.82) is 0 Å². The van der Waals surface area contributed by atoms with Crippen molar-refractivity contribution in [2.75, 3.05) is 18.6 Å². The van der Waals surface area contributed by atoms with Crippen LogP contribution in [0, 0.1) is 5.41 Å². The van der Waals surface area contributed by atoms with E-state index < -0.39 is 21.2 Å². The van der Waals surface area contributed by atoms with Crippen LogP contribution in [0.2, 0.25) is 0 Å². The second kappa shape index (κ2) is 4.71. The van der Waals surface area contributed by atoms with Crippen LogP contribution < -0.4 is 5.73 Å². The maximum atomic E-state index is 11.6. The van der Waals surface area contributed by atoms with E-state index in [0.717, 1.165) is 0 Å². The molecule has 0 aromatic rings. The third-order valence-electron chi connectivity index (χ3n) is 3.33. The van der Waals surface area contributed by atoms with Crippen molar-refractivity contribution in [2.45, 2.75) is 32.2 Å². The molecule has 2 N–H and O–H groups in total. The number of esters is 1. The number of hydrogen-bond donors (Lipinski definition) is 1. The van der Waals surface area contributed by atoms with Crippen molar-refractivity contribution >= 4 is 15.8 Å². The number of methoxy groups -OCH3 is 1. The van der Waals surface area contributed by atoms with E-state index in [1.807, 2.05) is 0 Å². The van der Waals surface area contributed by atoms with Crippen LogP contribution in [-0.2, 0) is 19.4 Å². The highest BCUT2D eigenvalue weighted by Crippen LogP contribution is 2.37. The van der Waals surface area contributed by atoms with Gasteiger partial charge in [0, 0.05) is 11.5 Å². The van der Waals surface area contributed by atoms with E-state index in [4.69, 9.17) is 5.73 Å². The molecule has 0 aromatic carbocycles. The smallest absolute Gasteiger partial charge is 0.306 e. The summed E-state index contributed by atoms with van der Waals surface area (Å²) in [6.07, 6.45) is 1.32. The van der Waals surface area contributed by atoms with E-state index in [-0.39, 0.29) is 24.0 Å². The zero-order chi connectivity index (χ0) is 12.4. The Hall–Kier alpha value is -0.620. The van der Waals surface area contributed by atoms with E-state index in [1.165, 1.54) is 7.11 Å². The van der Waals surface area contributed by atoms with Gasteiger partial charge in [0.15, 0.2) is 9.84 Å². The summed E-state index contributed by atoms with van der Waals surface area (Å²) in [5.41, 5.74) is 5.21. The lowest BCUT2D eigenvalue weighted by Crippen LogP contribution is -2.49. The minimum absolute atomic E-state index is 0.00718. The average molecular weight is 249 g/mol. The quantitative estimate of drug-likeness (QED) is 0.716.